The van der Waals surface area contributed by atoms with Crippen LogP contribution in [0.1, 0.15) is 22.8 Å². The minimum Gasteiger partial charge on any atom is -0.504 e. The number of aromatic nitrogens is 1. The molecule has 1 aromatic carbocycles. The predicted molar refractivity (Wildman–Crippen MR) is 78.6 cm³/mol. The number of phenolic OH excluding ortho intramolecular Hbond substituents is 1. The van der Waals surface area contributed by atoms with Gasteiger partial charge in [-0.15, -0.1) is 0 Å². The summed E-state index contributed by atoms with van der Waals surface area (Å²) in [4.78, 5) is 15.7. The number of phenols is 1. The molecule has 1 aromatic heterocycles. The van der Waals surface area contributed by atoms with Crippen LogP contribution in [0.5, 0.6) is 11.5 Å². The summed E-state index contributed by atoms with van der Waals surface area (Å²) in [7, 11) is 1.47. The molecule has 108 valence electrons. The molecule has 0 aliphatic carbocycles. The molecule has 0 aliphatic rings. The summed E-state index contributed by atoms with van der Waals surface area (Å²) in [5, 5.41) is 13.6. The number of methoxy groups -OCH3 is 1. The van der Waals surface area contributed by atoms with Gasteiger partial charge in [-0.2, -0.15) is 5.10 Å². The number of carbonyl (C=O) groups is 1. The Morgan fingerprint density at radius 2 is 1.95 bits per heavy atom. The van der Waals surface area contributed by atoms with E-state index >= 15 is 0 Å². The fourth-order valence-electron chi connectivity index (χ4n) is 1.67. The fourth-order valence-corrected chi connectivity index (χ4v) is 1.67. The third-order valence-electron chi connectivity index (χ3n) is 2.87. The van der Waals surface area contributed by atoms with Crippen molar-refractivity contribution < 1.29 is 14.6 Å². The highest BCUT2D eigenvalue weighted by atomic mass is 16.5. The zero-order chi connectivity index (χ0) is 15.2. The molecule has 0 saturated heterocycles. The van der Waals surface area contributed by atoms with Gasteiger partial charge in [-0.25, -0.2) is 5.43 Å². The number of aromatic hydroxyl groups is 1. The van der Waals surface area contributed by atoms with Crippen molar-refractivity contribution in [3.8, 4) is 11.5 Å². The van der Waals surface area contributed by atoms with Gasteiger partial charge in [0.15, 0.2) is 11.5 Å². The van der Waals surface area contributed by atoms with E-state index in [0.717, 1.165) is 5.56 Å². The van der Waals surface area contributed by atoms with Gasteiger partial charge < -0.3 is 9.84 Å². The standard InChI is InChI=1S/C15H15N3O3/c1-10(12-3-4-13(19)14(9-12)21-2)17-18-15(20)11-5-7-16-8-6-11/h3-9,19H,1-2H3,(H,18,20)/b17-10+. The zero-order valence-corrected chi connectivity index (χ0v) is 11.7. The van der Waals surface area contributed by atoms with Crippen molar-refractivity contribution in [1.29, 1.82) is 0 Å². The highest BCUT2D eigenvalue weighted by molar-refractivity contribution is 6.01. The van der Waals surface area contributed by atoms with Crippen molar-refractivity contribution in [1.82, 2.24) is 10.4 Å². The monoisotopic (exact) mass is 285 g/mol. The summed E-state index contributed by atoms with van der Waals surface area (Å²) in [6.07, 6.45) is 3.08. The van der Waals surface area contributed by atoms with Crippen molar-refractivity contribution in [2.45, 2.75) is 6.92 Å². The van der Waals surface area contributed by atoms with Crippen molar-refractivity contribution in [2.24, 2.45) is 5.10 Å². The van der Waals surface area contributed by atoms with Crippen LogP contribution < -0.4 is 10.2 Å². The van der Waals surface area contributed by atoms with Crippen molar-refractivity contribution in [2.75, 3.05) is 7.11 Å². The van der Waals surface area contributed by atoms with Gasteiger partial charge >= 0.3 is 0 Å². The number of rotatable bonds is 4. The van der Waals surface area contributed by atoms with Gasteiger partial charge in [0.1, 0.15) is 0 Å². The summed E-state index contributed by atoms with van der Waals surface area (Å²) in [5.41, 5.74) is 4.27. The van der Waals surface area contributed by atoms with Crippen LogP contribution in [0.4, 0.5) is 0 Å². The van der Waals surface area contributed by atoms with Crippen LogP contribution in [0.2, 0.25) is 0 Å². The lowest BCUT2D eigenvalue weighted by atomic mass is 10.1. The summed E-state index contributed by atoms with van der Waals surface area (Å²) in [6.45, 7) is 1.75. The second kappa shape index (κ2) is 6.51. The molecular formula is C15H15N3O3. The number of amides is 1. The predicted octanol–water partition coefficient (Wildman–Crippen LogP) is 1.95. The molecule has 0 atom stereocenters. The van der Waals surface area contributed by atoms with Crippen LogP contribution in [-0.2, 0) is 0 Å². The van der Waals surface area contributed by atoms with Gasteiger partial charge in [0.25, 0.3) is 5.91 Å². The summed E-state index contributed by atoms with van der Waals surface area (Å²) >= 11 is 0. The molecule has 2 aromatic rings. The van der Waals surface area contributed by atoms with Gasteiger partial charge in [0.2, 0.25) is 0 Å². The third-order valence-corrected chi connectivity index (χ3v) is 2.87. The average Bonchev–Trinajstić information content (AvgIpc) is 2.53. The van der Waals surface area contributed by atoms with E-state index < -0.39 is 0 Å². The number of ether oxygens (including phenoxy) is 1. The number of nitrogens with one attached hydrogen (secondary N) is 1. The van der Waals surface area contributed by atoms with Gasteiger partial charge in [-0.3, -0.25) is 9.78 Å². The highest BCUT2D eigenvalue weighted by Gasteiger charge is 2.07. The molecule has 0 radical (unpaired) electrons. The SMILES string of the molecule is COc1cc(/C(C)=N/NC(=O)c2ccncc2)ccc1O. The molecule has 0 unspecified atom stereocenters. The largest absolute Gasteiger partial charge is 0.504 e. The Balaban J connectivity index is 2.13. The van der Waals surface area contributed by atoms with Gasteiger partial charge in [0, 0.05) is 23.5 Å². The van der Waals surface area contributed by atoms with E-state index in [2.05, 4.69) is 15.5 Å². The molecule has 0 bridgehead atoms. The summed E-state index contributed by atoms with van der Waals surface area (Å²) in [6, 6.07) is 8.05. The first-order valence-corrected chi connectivity index (χ1v) is 6.24. The smallest absolute Gasteiger partial charge is 0.271 e. The number of pyridine rings is 1. The zero-order valence-electron chi connectivity index (χ0n) is 11.7. The van der Waals surface area contributed by atoms with E-state index in [-0.39, 0.29) is 11.7 Å². The van der Waals surface area contributed by atoms with E-state index in [0.29, 0.717) is 17.0 Å². The minimum atomic E-state index is -0.317. The number of hydrazone groups is 1. The van der Waals surface area contributed by atoms with E-state index in [1.165, 1.54) is 25.6 Å². The lowest BCUT2D eigenvalue weighted by molar-refractivity contribution is 0.0954. The van der Waals surface area contributed by atoms with Crippen molar-refractivity contribution in [3.05, 3.63) is 53.9 Å². The van der Waals surface area contributed by atoms with Crippen molar-refractivity contribution in [3.63, 3.8) is 0 Å². The lowest BCUT2D eigenvalue weighted by Crippen LogP contribution is -2.19. The quantitative estimate of drug-likeness (QED) is 0.664. The van der Waals surface area contributed by atoms with E-state index in [1.807, 2.05) is 0 Å². The number of carbonyl (C=O) groups excluding carboxylic acids is 1. The molecule has 2 rings (SSSR count). The third kappa shape index (κ3) is 3.56. The first-order valence-electron chi connectivity index (χ1n) is 6.24. The van der Waals surface area contributed by atoms with E-state index in [1.54, 1.807) is 31.2 Å². The molecule has 2 N–H and O–H groups in total. The minimum absolute atomic E-state index is 0.0508. The number of hydrogen-bond acceptors (Lipinski definition) is 5. The molecule has 0 fully saturated rings. The first kappa shape index (κ1) is 14.5. The second-order valence-electron chi connectivity index (χ2n) is 4.26. The molecule has 21 heavy (non-hydrogen) atoms. The highest BCUT2D eigenvalue weighted by Crippen LogP contribution is 2.26. The molecular weight excluding hydrogens is 270 g/mol. The maximum atomic E-state index is 11.8. The molecule has 1 heterocycles. The summed E-state index contributed by atoms with van der Waals surface area (Å²) < 4.78 is 5.03. The molecule has 6 heteroatoms. The Morgan fingerprint density at radius 3 is 2.62 bits per heavy atom. The van der Waals surface area contributed by atoms with Crippen molar-refractivity contribution >= 4 is 11.6 Å². The molecule has 6 nitrogen and oxygen atoms in total. The maximum absolute atomic E-state index is 11.8. The number of benzene rings is 1. The Kier molecular flexibility index (Phi) is 4.50. The van der Waals surface area contributed by atoms with Crippen LogP contribution >= 0.6 is 0 Å². The topological polar surface area (TPSA) is 83.8 Å². The molecule has 0 spiro atoms. The molecule has 0 aliphatic heterocycles. The first-order chi connectivity index (χ1) is 10.1. The lowest BCUT2D eigenvalue weighted by Gasteiger charge is -2.07. The average molecular weight is 285 g/mol. The van der Waals surface area contributed by atoms with Crippen LogP contribution in [0.15, 0.2) is 47.8 Å². The van der Waals surface area contributed by atoms with Gasteiger partial charge in [-0.1, -0.05) is 0 Å². The van der Waals surface area contributed by atoms with Crippen LogP contribution in [0.3, 0.4) is 0 Å². The van der Waals surface area contributed by atoms with Crippen LogP contribution in [0, 0.1) is 0 Å². The fraction of sp³-hybridized carbons (Fsp3) is 0.133. The molecule has 1 amide bonds. The van der Waals surface area contributed by atoms with Crippen LogP contribution in [-0.4, -0.2) is 28.8 Å². The number of nitrogens with zero attached hydrogens (tertiary/aromatic N) is 2. The second-order valence-corrected chi connectivity index (χ2v) is 4.26. The molecule has 0 saturated carbocycles. The Hall–Kier alpha value is -2.89. The van der Waals surface area contributed by atoms with Gasteiger partial charge in [-0.05, 0) is 37.3 Å². The van der Waals surface area contributed by atoms with E-state index in [4.69, 9.17) is 4.74 Å². The Morgan fingerprint density at radius 1 is 1.24 bits per heavy atom. The Bertz CT molecular complexity index is 669. The normalized spacial score (nSPS) is 11.0. The Labute approximate surface area is 122 Å². The van der Waals surface area contributed by atoms with Crippen LogP contribution in [0.25, 0.3) is 0 Å². The summed E-state index contributed by atoms with van der Waals surface area (Å²) in [5.74, 6) is 0.0832. The van der Waals surface area contributed by atoms with E-state index in [9.17, 15) is 9.90 Å². The maximum Gasteiger partial charge on any atom is 0.271 e. The number of hydrogen-bond donors (Lipinski definition) is 2. The van der Waals surface area contributed by atoms with Gasteiger partial charge in [0.05, 0.1) is 12.8 Å².